The van der Waals surface area contributed by atoms with Gasteiger partial charge in [0, 0.05) is 38.0 Å². The van der Waals surface area contributed by atoms with Gasteiger partial charge in [-0.3, -0.25) is 4.79 Å². The predicted octanol–water partition coefficient (Wildman–Crippen LogP) is 2.48. The summed E-state index contributed by atoms with van der Waals surface area (Å²) in [6.07, 6.45) is 3.13. The Morgan fingerprint density at radius 2 is 2.00 bits per heavy atom. The molecule has 6 heteroatoms. The van der Waals surface area contributed by atoms with Crippen LogP contribution in [0.2, 0.25) is 0 Å². The molecule has 2 aliphatic rings. The fraction of sp³-hybridized carbons (Fsp3) is 0.474. The Hall–Kier alpha value is -2.34. The number of hydrogen-bond donors (Lipinski definition) is 0. The number of ether oxygens (including phenoxy) is 1. The number of amides is 1. The Bertz CT molecular complexity index is 778. The molecule has 0 bridgehead atoms. The highest BCUT2D eigenvalue weighted by atomic mass is 16.5. The highest BCUT2D eigenvalue weighted by Gasteiger charge is 2.42. The van der Waals surface area contributed by atoms with Crippen molar-refractivity contribution in [1.82, 2.24) is 14.8 Å². The first-order chi connectivity index (χ1) is 12.1. The zero-order valence-electron chi connectivity index (χ0n) is 14.7. The summed E-state index contributed by atoms with van der Waals surface area (Å²) in [5, 5.41) is 0. The quantitative estimate of drug-likeness (QED) is 0.797. The number of aryl methyl sites for hydroxylation is 1. The number of piperidine rings is 1. The van der Waals surface area contributed by atoms with Crippen LogP contribution in [0.15, 0.2) is 35.1 Å². The van der Waals surface area contributed by atoms with E-state index in [2.05, 4.69) is 16.9 Å². The van der Waals surface area contributed by atoms with Gasteiger partial charge < -0.3 is 19.0 Å². The van der Waals surface area contributed by atoms with Crippen molar-refractivity contribution in [1.29, 1.82) is 0 Å². The molecule has 1 spiro atoms. The molecular formula is C19H23N3O3. The molecule has 1 aromatic heterocycles. The number of para-hydroxylation sites is 1. The first-order valence-corrected chi connectivity index (χ1v) is 8.71. The normalized spacial score (nSPS) is 20.0. The summed E-state index contributed by atoms with van der Waals surface area (Å²) in [6, 6.07) is 8.00. The van der Waals surface area contributed by atoms with Gasteiger partial charge in [-0.05, 0) is 20.0 Å². The second kappa shape index (κ2) is 6.19. The van der Waals surface area contributed by atoms with Gasteiger partial charge in [-0.25, -0.2) is 4.98 Å². The summed E-state index contributed by atoms with van der Waals surface area (Å²) in [5.41, 5.74) is 1.31. The Balaban J connectivity index is 1.70. The third kappa shape index (κ3) is 3.02. The summed E-state index contributed by atoms with van der Waals surface area (Å²) in [4.78, 5) is 21.3. The maximum atomic E-state index is 13.1. The Morgan fingerprint density at radius 3 is 2.72 bits per heavy atom. The molecule has 0 unspecified atom stereocenters. The van der Waals surface area contributed by atoms with E-state index >= 15 is 0 Å². The molecule has 4 rings (SSSR count). The van der Waals surface area contributed by atoms with Crippen molar-refractivity contribution < 1.29 is 13.9 Å². The molecule has 132 valence electrons. The van der Waals surface area contributed by atoms with Gasteiger partial charge in [0.25, 0.3) is 5.91 Å². The molecule has 25 heavy (non-hydrogen) atoms. The van der Waals surface area contributed by atoms with Crippen LogP contribution in [0.3, 0.4) is 0 Å². The smallest absolute Gasteiger partial charge is 0.292 e. The second-order valence-electron chi connectivity index (χ2n) is 7.12. The van der Waals surface area contributed by atoms with Gasteiger partial charge in [-0.15, -0.1) is 0 Å². The van der Waals surface area contributed by atoms with Crippen LogP contribution in [0.5, 0.6) is 5.75 Å². The Kier molecular flexibility index (Phi) is 4.00. The molecule has 0 radical (unpaired) electrons. The van der Waals surface area contributed by atoms with E-state index in [9.17, 15) is 4.79 Å². The van der Waals surface area contributed by atoms with Gasteiger partial charge in [0.15, 0.2) is 6.39 Å². The largest absolute Gasteiger partial charge is 0.485 e. The van der Waals surface area contributed by atoms with E-state index in [4.69, 9.17) is 9.15 Å². The van der Waals surface area contributed by atoms with E-state index in [0.29, 0.717) is 24.5 Å². The molecule has 1 aromatic carbocycles. The van der Waals surface area contributed by atoms with Crippen molar-refractivity contribution in [3.05, 3.63) is 47.7 Å². The predicted molar refractivity (Wildman–Crippen MR) is 92.5 cm³/mol. The average Bonchev–Trinajstić information content (AvgIpc) is 2.96. The SMILES string of the molecule is Cc1ncoc1C(=O)N1Cc2ccccc2OC2(CCN(C)CC2)C1. The third-order valence-electron chi connectivity index (χ3n) is 5.26. The molecule has 0 atom stereocenters. The number of carbonyl (C=O) groups excluding carboxylic acids is 1. The molecule has 3 heterocycles. The van der Waals surface area contributed by atoms with Crippen molar-refractivity contribution in [2.75, 3.05) is 26.7 Å². The fourth-order valence-electron chi connectivity index (χ4n) is 3.69. The molecule has 0 aliphatic carbocycles. The fourth-order valence-corrected chi connectivity index (χ4v) is 3.69. The van der Waals surface area contributed by atoms with Gasteiger partial charge in [-0.2, -0.15) is 0 Å². The number of hydrogen-bond acceptors (Lipinski definition) is 5. The van der Waals surface area contributed by atoms with Gasteiger partial charge in [0.1, 0.15) is 11.4 Å². The van der Waals surface area contributed by atoms with E-state index in [1.165, 1.54) is 6.39 Å². The van der Waals surface area contributed by atoms with E-state index in [0.717, 1.165) is 37.2 Å². The molecular weight excluding hydrogens is 318 g/mol. The van der Waals surface area contributed by atoms with E-state index < -0.39 is 0 Å². The van der Waals surface area contributed by atoms with E-state index in [1.54, 1.807) is 6.92 Å². The molecule has 0 N–H and O–H groups in total. The summed E-state index contributed by atoms with van der Waals surface area (Å²) >= 11 is 0. The summed E-state index contributed by atoms with van der Waals surface area (Å²) < 4.78 is 11.8. The van der Waals surface area contributed by atoms with Crippen LogP contribution in [0.1, 0.15) is 34.7 Å². The minimum absolute atomic E-state index is 0.117. The summed E-state index contributed by atoms with van der Waals surface area (Å²) in [6.45, 7) is 4.81. The van der Waals surface area contributed by atoms with Crippen LogP contribution in [-0.4, -0.2) is 53.0 Å². The Labute approximate surface area is 147 Å². The number of rotatable bonds is 1. The molecule has 2 aromatic rings. The van der Waals surface area contributed by atoms with E-state index in [1.807, 2.05) is 29.2 Å². The molecule has 1 fully saturated rings. The summed E-state index contributed by atoms with van der Waals surface area (Å²) in [7, 11) is 2.12. The lowest BCUT2D eigenvalue weighted by molar-refractivity contribution is -0.0109. The van der Waals surface area contributed by atoms with Crippen molar-refractivity contribution in [2.24, 2.45) is 0 Å². The molecule has 2 aliphatic heterocycles. The lowest BCUT2D eigenvalue weighted by Crippen LogP contribution is -2.53. The van der Waals surface area contributed by atoms with Crippen LogP contribution in [0, 0.1) is 6.92 Å². The minimum Gasteiger partial charge on any atom is -0.485 e. The van der Waals surface area contributed by atoms with Crippen LogP contribution in [0.25, 0.3) is 0 Å². The number of oxazole rings is 1. The maximum Gasteiger partial charge on any atom is 0.292 e. The van der Waals surface area contributed by atoms with E-state index in [-0.39, 0.29) is 11.5 Å². The lowest BCUT2D eigenvalue weighted by Gasteiger charge is -2.41. The highest BCUT2D eigenvalue weighted by Crippen LogP contribution is 2.35. The molecule has 1 saturated heterocycles. The number of fused-ring (bicyclic) bond motifs is 1. The number of carbonyl (C=O) groups is 1. The summed E-state index contributed by atoms with van der Waals surface area (Å²) in [5.74, 6) is 1.09. The van der Waals surface area contributed by atoms with Gasteiger partial charge >= 0.3 is 0 Å². The van der Waals surface area contributed by atoms with Gasteiger partial charge in [0.2, 0.25) is 5.76 Å². The third-order valence-corrected chi connectivity index (χ3v) is 5.26. The zero-order valence-corrected chi connectivity index (χ0v) is 14.7. The van der Waals surface area contributed by atoms with Gasteiger partial charge in [-0.1, -0.05) is 18.2 Å². The lowest BCUT2D eigenvalue weighted by atomic mass is 9.90. The first kappa shape index (κ1) is 16.1. The number of nitrogens with zero attached hydrogens (tertiary/aromatic N) is 3. The number of benzene rings is 1. The van der Waals surface area contributed by atoms with Crippen molar-refractivity contribution in [2.45, 2.75) is 31.9 Å². The minimum atomic E-state index is -0.345. The van der Waals surface area contributed by atoms with Crippen molar-refractivity contribution >= 4 is 5.91 Å². The standard InChI is InChI=1S/C19H23N3O3/c1-14-17(24-13-20-14)18(23)22-11-15-5-3-4-6-16(15)25-19(12-22)7-9-21(2)10-8-19/h3-6,13H,7-12H2,1-2H3. The van der Waals surface area contributed by atoms with Crippen LogP contribution >= 0.6 is 0 Å². The topological polar surface area (TPSA) is 58.8 Å². The van der Waals surface area contributed by atoms with Crippen LogP contribution in [0.4, 0.5) is 0 Å². The monoisotopic (exact) mass is 341 g/mol. The zero-order chi connectivity index (χ0) is 17.4. The maximum absolute atomic E-state index is 13.1. The number of aromatic nitrogens is 1. The molecule has 0 saturated carbocycles. The van der Waals surface area contributed by atoms with Crippen LogP contribution < -0.4 is 4.74 Å². The Morgan fingerprint density at radius 1 is 1.24 bits per heavy atom. The average molecular weight is 341 g/mol. The van der Waals surface area contributed by atoms with Crippen molar-refractivity contribution in [3.8, 4) is 5.75 Å². The molecule has 1 amide bonds. The number of likely N-dealkylation sites (tertiary alicyclic amines) is 1. The highest BCUT2D eigenvalue weighted by molar-refractivity contribution is 5.92. The van der Waals surface area contributed by atoms with Gasteiger partial charge in [0.05, 0.1) is 12.2 Å². The second-order valence-corrected chi connectivity index (χ2v) is 7.12. The first-order valence-electron chi connectivity index (χ1n) is 8.71. The van der Waals surface area contributed by atoms with Crippen LogP contribution in [-0.2, 0) is 6.54 Å². The molecule has 6 nitrogen and oxygen atoms in total. The van der Waals surface area contributed by atoms with Crippen molar-refractivity contribution in [3.63, 3.8) is 0 Å².